The normalized spacial score (nSPS) is 18.6. The average Bonchev–Trinajstić information content (AvgIpc) is 3.42. The Bertz CT molecular complexity index is 1240. The second-order valence-corrected chi connectivity index (χ2v) is 9.49. The van der Waals surface area contributed by atoms with Gasteiger partial charge in [-0.25, -0.2) is 4.39 Å². The number of carbonyl (C=O) groups excluding carboxylic acids is 1. The number of furan rings is 1. The van der Waals surface area contributed by atoms with Crippen LogP contribution in [-0.4, -0.2) is 10.4 Å². The lowest BCUT2D eigenvalue weighted by Crippen LogP contribution is -2.34. The summed E-state index contributed by atoms with van der Waals surface area (Å²) in [6.45, 7) is 7.57. The van der Waals surface area contributed by atoms with Crippen LogP contribution in [0.1, 0.15) is 74.0 Å². The number of hydrogen-bond donors (Lipinski definition) is 0. The van der Waals surface area contributed by atoms with Crippen LogP contribution >= 0.6 is 0 Å². The molecule has 1 atom stereocenters. The molecule has 0 amide bonds. The molecule has 1 aliphatic heterocycles. The fourth-order valence-electron chi connectivity index (χ4n) is 4.63. The number of benzene rings is 1. The lowest BCUT2D eigenvalue weighted by molar-refractivity contribution is 0.101. The minimum atomic E-state index is -0.903. The number of ketones is 1. The van der Waals surface area contributed by atoms with E-state index in [1.54, 1.807) is 4.57 Å². The molecule has 0 radical (unpaired) electrons. The maximum absolute atomic E-state index is 15.4. The third-order valence-electron chi connectivity index (χ3n) is 6.37. The fraction of sp³-hybridized carbons (Fsp3) is 0.417. The van der Waals surface area contributed by atoms with Crippen molar-refractivity contribution < 1.29 is 13.6 Å². The zero-order valence-corrected chi connectivity index (χ0v) is 17.1. The molecule has 1 aliphatic carbocycles. The van der Waals surface area contributed by atoms with Crippen LogP contribution < -0.4 is 5.43 Å². The molecule has 29 heavy (non-hydrogen) atoms. The second kappa shape index (κ2) is 5.91. The molecule has 0 saturated heterocycles. The minimum Gasteiger partial charge on any atom is -0.454 e. The van der Waals surface area contributed by atoms with E-state index in [2.05, 4.69) is 26.8 Å². The van der Waals surface area contributed by atoms with E-state index in [9.17, 15) is 9.59 Å². The molecule has 2 aliphatic rings. The Hall–Kier alpha value is -2.69. The molecule has 0 bridgehead atoms. The number of carbonyl (C=O) groups is 1. The van der Waals surface area contributed by atoms with Crippen molar-refractivity contribution in [2.45, 2.75) is 58.9 Å². The Kier molecular flexibility index (Phi) is 3.74. The summed E-state index contributed by atoms with van der Waals surface area (Å²) in [5.41, 5.74) is 1.92. The van der Waals surface area contributed by atoms with Crippen LogP contribution in [0.3, 0.4) is 0 Å². The van der Waals surface area contributed by atoms with Crippen molar-refractivity contribution in [2.75, 3.05) is 0 Å². The van der Waals surface area contributed by atoms with Gasteiger partial charge < -0.3 is 8.98 Å². The summed E-state index contributed by atoms with van der Waals surface area (Å²) in [6.07, 6.45) is 4.46. The zero-order chi connectivity index (χ0) is 20.7. The van der Waals surface area contributed by atoms with E-state index in [0.717, 1.165) is 29.4 Å². The minimum absolute atomic E-state index is 0.108. The summed E-state index contributed by atoms with van der Waals surface area (Å²) in [7, 11) is 0. The number of aromatic nitrogens is 1. The third kappa shape index (κ3) is 2.63. The van der Waals surface area contributed by atoms with Gasteiger partial charge in [0.1, 0.15) is 11.3 Å². The molecule has 2 aromatic heterocycles. The van der Waals surface area contributed by atoms with Gasteiger partial charge in [0.2, 0.25) is 5.43 Å². The smallest absolute Gasteiger partial charge is 0.228 e. The van der Waals surface area contributed by atoms with Gasteiger partial charge >= 0.3 is 0 Å². The van der Waals surface area contributed by atoms with Crippen molar-refractivity contribution in [3.8, 4) is 11.5 Å². The number of fused-ring (bicyclic) bond motifs is 5. The Morgan fingerprint density at radius 3 is 2.59 bits per heavy atom. The SMILES string of the molecule is CC(=O)c1cn2c(c(F)c1=O)-c1oc3c(C4CC4)cccc3c1C[C@H]2C(C)(C)C. The Morgan fingerprint density at radius 2 is 1.97 bits per heavy atom. The molecule has 0 N–H and O–H groups in total. The van der Waals surface area contributed by atoms with Crippen molar-refractivity contribution >= 4 is 16.8 Å². The number of para-hydroxylation sites is 1. The van der Waals surface area contributed by atoms with E-state index in [1.807, 2.05) is 12.1 Å². The van der Waals surface area contributed by atoms with Crippen LogP contribution in [-0.2, 0) is 6.42 Å². The number of hydrogen-bond acceptors (Lipinski definition) is 3. The molecule has 1 fully saturated rings. The third-order valence-corrected chi connectivity index (χ3v) is 6.37. The number of rotatable bonds is 2. The van der Waals surface area contributed by atoms with Gasteiger partial charge in [-0.1, -0.05) is 39.0 Å². The van der Waals surface area contributed by atoms with Gasteiger partial charge in [0.05, 0.1) is 5.56 Å². The fourth-order valence-corrected chi connectivity index (χ4v) is 4.63. The molecule has 4 nitrogen and oxygen atoms in total. The lowest BCUT2D eigenvalue weighted by Gasteiger charge is -2.37. The first kappa shape index (κ1) is 18.3. The molecular formula is C24H24FNO3. The molecule has 5 heteroatoms. The Morgan fingerprint density at radius 1 is 1.24 bits per heavy atom. The average molecular weight is 393 g/mol. The summed E-state index contributed by atoms with van der Waals surface area (Å²) in [5, 5.41) is 1.01. The summed E-state index contributed by atoms with van der Waals surface area (Å²) in [4.78, 5) is 24.6. The molecule has 1 saturated carbocycles. The van der Waals surface area contributed by atoms with Crippen molar-refractivity contribution in [3.63, 3.8) is 0 Å². The lowest BCUT2D eigenvalue weighted by atomic mass is 9.79. The molecular weight excluding hydrogens is 369 g/mol. The van der Waals surface area contributed by atoms with Gasteiger partial charge in [0.15, 0.2) is 17.4 Å². The Labute approximate surface area is 168 Å². The first-order valence-corrected chi connectivity index (χ1v) is 10.2. The molecule has 150 valence electrons. The van der Waals surface area contributed by atoms with Gasteiger partial charge in [-0.3, -0.25) is 9.59 Å². The summed E-state index contributed by atoms with van der Waals surface area (Å²) in [6, 6.07) is 6.04. The second-order valence-electron chi connectivity index (χ2n) is 9.49. The first-order valence-electron chi connectivity index (χ1n) is 10.2. The van der Waals surface area contributed by atoms with Crippen LogP contribution in [0.25, 0.3) is 22.4 Å². The Balaban J connectivity index is 1.87. The van der Waals surface area contributed by atoms with Gasteiger partial charge in [0, 0.05) is 23.2 Å². The highest BCUT2D eigenvalue weighted by molar-refractivity contribution is 5.95. The topological polar surface area (TPSA) is 52.2 Å². The van der Waals surface area contributed by atoms with Crippen molar-refractivity contribution in [1.82, 2.24) is 4.57 Å². The largest absolute Gasteiger partial charge is 0.454 e. The van der Waals surface area contributed by atoms with Crippen molar-refractivity contribution in [1.29, 1.82) is 0 Å². The maximum Gasteiger partial charge on any atom is 0.228 e. The maximum atomic E-state index is 15.4. The van der Waals surface area contributed by atoms with Crippen molar-refractivity contribution in [3.05, 3.63) is 57.1 Å². The molecule has 3 heterocycles. The first-order chi connectivity index (χ1) is 13.7. The number of pyridine rings is 1. The van der Waals surface area contributed by atoms with Crippen LogP contribution in [0.4, 0.5) is 4.39 Å². The predicted molar refractivity (Wildman–Crippen MR) is 110 cm³/mol. The highest BCUT2D eigenvalue weighted by atomic mass is 19.1. The zero-order valence-electron chi connectivity index (χ0n) is 17.1. The summed E-state index contributed by atoms with van der Waals surface area (Å²) in [5.74, 6) is -0.404. The van der Waals surface area contributed by atoms with Crippen LogP contribution in [0.2, 0.25) is 0 Å². The predicted octanol–water partition coefficient (Wildman–Crippen LogP) is 5.62. The molecule has 1 aromatic carbocycles. The van der Waals surface area contributed by atoms with E-state index in [-0.39, 0.29) is 22.7 Å². The monoisotopic (exact) mass is 393 g/mol. The highest BCUT2D eigenvalue weighted by Crippen LogP contribution is 2.50. The van der Waals surface area contributed by atoms with E-state index in [1.165, 1.54) is 18.7 Å². The number of Topliss-reactive ketones (excluding diaryl/α,β-unsaturated/α-hetero) is 1. The van der Waals surface area contributed by atoms with Crippen LogP contribution in [0, 0.1) is 11.2 Å². The standard InChI is InChI=1S/C24H24FNO3/c1-12(27)17-11-26-18(24(2,3)4)10-16-15-7-5-6-14(13-8-9-13)22(15)29-23(16)20(26)19(25)21(17)28/h5-7,11,13,18H,8-10H2,1-4H3/t18-/m0/s1. The quantitative estimate of drug-likeness (QED) is 0.531. The van der Waals surface area contributed by atoms with Crippen molar-refractivity contribution in [2.24, 2.45) is 5.41 Å². The summed E-state index contributed by atoms with van der Waals surface area (Å²) < 4.78 is 23.4. The van der Waals surface area contributed by atoms with Gasteiger partial charge in [-0.15, -0.1) is 0 Å². The summed E-state index contributed by atoms with van der Waals surface area (Å²) >= 11 is 0. The molecule has 5 rings (SSSR count). The molecule has 3 aromatic rings. The van der Waals surface area contributed by atoms with Gasteiger partial charge in [-0.2, -0.15) is 0 Å². The van der Waals surface area contributed by atoms with E-state index < -0.39 is 17.0 Å². The molecule has 0 spiro atoms. The van der Waals surface area contributed by atoms with E-state index >= 15 is 4.39 Å². The number of nitrogens with zero attached hydrogens (tertiary/aromatic N) is 1. The van der Waals surface area contributed by atoms with Crippen LogP contribution in [0.15, 0.2) is 33.6 Å². The highest BCUT2D eigenvalue weighted by Gasteiger charge is 2.39. The molecule has 0 unspecified atom stereocenters. The number of halogens is 1. The van der Waals surface area contributed by atoms with Crippen LogP contribution in [0.5, 0.6) is 0 Å². The van der Waals surface area contributed by atoms with E-state index in [4.69, 9.17) is 4.42 Å². The van der Waals surface area contributed by atoms with Gasteiger partial charge in [-0.05, 0) is 43.1 Å². The van der Waals surface area contributed by atoms with E-state index in [0.29, 0.717) is 18.1 Å². The van der Waals surface area contributed by atoms with Gasteiger partial charge in [0.25, 0.3) is 0 Å².